The zero-order chi connectivity index (χ0) is 21.2. The van der Waals surface area contributed by atoms with Crippen molar-refractivity contribution in [2.75, 3.05) is 31.3 Å². The maximum absolute atomic E-state index is 12.5. The minimum atomic E-state index is -3.55. The molecule has 1 aliphatic rings. The molecule has 0 spiro atoms. The van der Waals surface area contributed by atoms with Crippen LogP contribution in [0.2, 0.25) is 0 Å². The quantitative estimate of drug-likeness (QED) is 0.719. The van der Waals surface area contributed by atoms with Crippen LogP contribution < -0.4 is 10.6 Å². The molecule has 8 nitrogen and oxygen atoms in total. The molecular formula is C20H29N5O3S. The van der Waals surface area contributed by atoms with Crippen LogP contribution in [0.3, 0.4) is 0 Å². The Morgan fingerprint density at radius 3 is 2.59 bits per heavy atom. The van der Waals surface area contributed by atoms with E-state index in [9.17, 15) is 13.2 Å². The van der Waals surface area contributed by atoms with Crippen LogP contribution in [0, 0.1) is 13.8 Å². The molecule has 1 aliphatic carbocycles. The van der Waals surface area contributed by atoms with Gasteiger partial charge >= 0.3 is 0 Å². The van der Waals surface area contributed by atoms with Crippen molar-refractivity contribution >= 4 is 27.4 Å². The number of carbonyl (C=O) groups excluding carboxylic acids is 1. The van der Waals surface area contributed by atoms with E-state index >= 15 is 0 Å². The topological polar surface area (TPSA) is 96.3 Å². The highest BCUT2D eigenvalue weighted by Crippen LogP contribution is 2.31. The van der Waals surface area contributed by atoms with Gasteiger partial charge in [0.15, 0.2) is 0 Å². The zero-order valence-electron chi connectivity index (χ0n) is 17.4. The van der Waals surface area contributed by atoms with Crippen LogP contribution in [0.1, 0.15) is 42.9 Å². The molecule has 0 unspecified atom stereocenters. The Labute approximate surface area is 172 Å². The molecule has 2 N–H and O–H groups in total. The molecule has 158 valence electrons. The first-order valence-corrected chi connectivity index (χ1v) is 11.2. The summed E-state index contributed by atoms with van der Waals surface area (Å²) in [5.41, 5.74) is 2.38. The molecule has 1 aromatic carbocycles. The van der Waals surface area contributed by atoms with Crippen molar-refractivity contribution in [1.82, 2.24) is 14.1 Å². The minimum Gasteiger partial charge on any atom is -0.376 e. The Morgan fingerprint density at radius 1 is 1.24 bits per heavy atom. The van der Waals surface area contributed by atoms with Gasteiger partial charge in [-0.3, -0.25) is 4.79 Å². The number of sulfonamides is 1. The Bertz CT molecular complexity index is 992. The van der Waals surface area contributed by atoms with Crippen molar-refractivity contribution in [2.45, 2.75) is 50.5 Å². The number of aryl methyl sites for hydroxylation is 1. The smallest absolute Gasteiger partial charge is 0.244 e. The molecule has 9 heteroatoms. The van der Waals surface area contributed by atoms with Gasteiger partial charge < -0.3 is 10.6 Å². The van der Waals surface area contributed by atoms with Gasteiger partial charge in [0.05, 0.1) is 23.7 Å². The van der Waals surface area contributed by atoms with E-state index < -0.39 is 10.0 Å². The standard InChI is InChI=1S/C20H29N5O3S/c1-14-11-17(29(27,28)24(3)4)12-18(15(14)2)21-13-20(26)23-19-9-10-22-25(19)16-7-5-6-8-16/h9-12,16,21H,5-8,13H2,1-4H3,(H,23,26). The Morgan fingerprint density at radius 2 is 1.93 bits per heavy atom. The Hall–Kier alpha value is -2.39. The molecule has 29 heavy (non-hydrogen) atoms. The zero-order valence-corrected chi connectivity index (χ0v) is 18.2. The normalized spacial score (nSPS) is 15.1. The lowest BCUT2D eigenvalue weighted by molar-refractivity contribution is -0.114. The Kier molecular flexibility index (Phi) is 6.28. The molecule has 0 atom stereocenters. The second kappa shape index (κ2) is 8.54. The van der Waals surface area contributed by atoms with Crippen molar-refractivity contribution in [2.24, 2.45) is 0 Å². The predicted octanol–water partition coefficient (Wildman–Crippen LogP) is 2.92. The van der Waals surface area contributed by atoms with Gasteiger partial charge in [-0.05, 0) is 49.9 Å². The Balaban J connectivity index is 1.71. The van der Waals surface area contributed by atoms with E-state index in [1.165, 1.54) is 31.2 Å². The van der Waals surface area contributed by atoms with Crippen LogP contribution in [0.5, 0.6) is 0 Å². The van der Waals surface area contributed by atoms with Crippen molar-refractivity contribution < 1.29 is 13.2 Å². The molecule has 3 rings (SSSR count). The van der Waals surface area contributed by atoms with Crippen LogP contribution in [-0.2, 0) is 14.8 Å². The van der Waals surface area contributed by atoms with Crippen LogP contribution >= 0.6 is 0 Å². The lowest BCUT2D eigenvalue weighted by atomic mass is 10.1. The summed E-state index contributed by atoms with van der Waals surface area (Å²) in [6.45, 7) is 3.79. The molecule has 0 radical (unpaired) electrons. The van der Waals surface area contributed by atoms with Gasteiger partial charge in [0.1, 0.15) is 5.82 Å². The summed E-state index contributed by atoms with van der Waals surface area (Å²) in [6, 6.07) is 5.37. The minimum absolute atomic E-state index is 0.0294. The van der Waals surface area contributed by atoms with E-state index in [1.807, 2.05) is 18.5 Å². The number of amides is 1. The fraction of sp³-hybridized carbons (Fsp3) is 0.500. The first-order valence-electron chi connectivity index (χ1n) is 9.81. The van der Waals surface area contributed by atoms with E-state index in [2.05, 4.69) is 15.7 Å². The number of aromatic nitrogens is 2. The van der Waals surface area contributed by atoms with E-state index in [0.717, 1.165) is 24.0 Å². The largest absolute Gasteiger partial charge is 0.376 e. The molecular weight excluding hydrogens is 390 g/mol. The molecule has 1 heterocycles. The van der Waals surface area contributed by atoms with E-state index in [0.29, 0.717) is 17.5 Å². The van der Waals surface area contributed by atoms with Crippen molar-refractivity contribution in [3.63, 3.8) is 0 Å². The molecule has 1 fully saturated rings. The van der Waals surface area contributed by atoms with Crippen molar-refractivity contribution in [3.8, 4) is 0 Å². The van der Waals surface area contributed by atoms with Gasteiger partial charge in [0.25, 0.3) is 0 Å². The summed E-state index contributed by atoms with van der Waals surface area (Å²) in [5, 5.41) is 10.3. The van der Waals surface area contributed by atoms with Gasteiger partial charge in [0, 0.05) is 25.8 Å². The first-order chi connectivity index (χ1) is 13.7. The van der Waals surface area contributed by atoms with Crippen LogP contribution in [-0.4, -0.2) is 49.1 Å². The summed E-state index contributed by atoms with van der Waals surface area (Å²) in [6.07, 6.45) is 6.22. The molecule has 2 aromatic rings. The van der Waals surface area contributed by atoms with Crippen LogP contribution in [0.25, 0.3) is 0 Å². The fourth-order valence-corrected chi connectivity index (χ4v) is 4.60. The van der Waals surface area contributed by atoms with Gasteiger partial charge in [-0.2, -0.15) is 5.10 Å². The molecule has 0 saturated heterocycles. The number of nitrogens with one attached hydrogen (secondary N) is 2. The third kappa shape index (κ3) is 4.62. The van der Waals surface area contributed by atoms with Crippen LogP contribution in [0.15, 0.2) is 29.3 Å². The average Bonchev–Trinajstić information content (AvgIpc) is 3.33. The van der Waals surface area contributed by atoms with Crippen molar-refractivity contribution in [3.05, 3.63) is 35.5 Å². The van der Waals surface area contributed by atoms with E-state index in [1.54, 1.807) is 24.4 Å². The van der Waals surface area contributed by atoms with Gasteiger partial charge in [0.2, 0.25) is 15.9 Å². The number of nitrogens with zero attached hydrogens (tertiary/aromatic N) is 3. The lowest BCUT2D eigenvalue weighted by Crippen LogP contribution is -2.25. The second-order valence-electron chi connectivity index (χ2n) is 7.70. The highest BCUT2D eigenvalue weighted by Gasteiger charge is 2.21. The molecule has 1 amide bonds. The van der Waals surface area contributed by atoms with Gasteiger partial charge in [-0.25, -0.2) is 17.4 Å². The third-order valence-corrected chi connectivity index (χ3v) is 7.26. The van der Waals surface area contributed by atoms with Crippen LogP contribution in [0.4, 0.5) is 11.5 Å². The predicted molar refractivity (Wildman–Crippen MR) is 114 cm³/mol. The number of benzene rings is 1. The maximum Gasteiger partial charge on any atom is 0.244 e. The average molecular weight is 420 g/mol. The lowest BCUT2D eigenvalue weighted by Gasteiger charge is -2.17. The molecule has 1 saturated carbocycles. The van der Waals surface area contributed by atoms with Crippen molar-refractivity contribution in [1.29, 1.82) is 0 Å². The summed E-state index contributed by atoms with van der Waals surface area (Å²) < 4.78 is 28.0. The number of hydrogen-bond donors (Lipinski definition) is 2. The number of rotatable bonds is 7. The maximum atomic E-state index is 12.5. The summed E-state index contributed by atoms with van der Waals surface area (Å²) >= 11 is 0. The van der Waals surface area contributed by atoms with Gasteiger partial charge in [-0.1, -0.05) is 12.8 Å². The monoisotopic (exact) mass is 419 g/mol. The number of carbonyl (C=O) groups is 1. The van der Waals surface area contributed by atoms with E-state index in [-0.39, 0.29) is 17.3 Å². The second-order valence-corrected chi connectivity index (χ2v) is 9.85. The summed E-state index contributed by atoms with van der Waals surface area (Å²) in [7, 11) is -0.555. The van der Waals surface area contributed by atoms with E-state index in [4.69, 9.17) is 0 Å². The molecule has 1 aromatic heterocycles. The molecule has 0 bridgehead atoms. The third-order valence-electron chi connectivity index (χ3n) is 5.47. The fourth-order valence-electron chi connectivity index (χ4n) is 3.59. The summed E-state index contributed by atoms with van der Waals surface area (Å²) in [4.78, 5) is 12.7. The SMILES string of the molecule is Cc1cc(S(=O)(=O)N(C)C)cc(NCC(=O)Nc2ccnn2C2CCCC2)c1C. The highest BCUT2D eigenvalue weighted by molar-refractivity contribution is 7.89. The highest BCUT2D eigenvalue weighted by atomic mass is 32.2. The number of hydrogen-bond acceptors (Lipinski definition) is 5. The first kappa shape index (κ1) is 21.3. The number of anilines is 2. The summed E-state index contributed by atoms with van der Waals surface area (Å²) in [5.74, 6) is 0.489. The molecule has 0 aliphatic heterocycles. The van der Waals surface area contributed by atoms with Gasteiger partial charge in [-0.15, -0.1) is 0 Å².